The predicted molar refractivity (Wildman–Crippen MR) is 87.9 cm³/mol. The van der Waals surface area contributed by atoms with Crippen molar-refractivity contribution in [3.05, 3.63) is 70.7 Å². The van der Waals surface area contributed by atoms with E-state index in [4.69, 9.17) is 11.6 Å². The third-order valence-corrected chi connectivity index (χ3v) is 3.81. The zero-order valence-corrected chi connectivity index (χ0v) is 13.3. The van der Waals surface area contributed by atoms with Gasteiger partial charge in [-0.15, -0.1) is 0 Å². The van der Waals surface area contributed by atoms with Gasteiger partial charge in [0.05, 0.1) is 6.04 Å². The molecule has 2 unspecified atom stereocenters. The van der Waals surface area contributed by atoms with E-state index in [2.05, 4.69) is 5.32 Å². The quantitative estimate of drug-likeness (QED) is 0.846. The third kappa shape index (κ3) is 3.95. The van der Waals surface area contributed by atoms with E-state index in [0.717, 1.165) is 5.56 Å². The Bertz CT molecular complexity index is 653. The number of nitrogens with one attached hydrogen (secondary N) is 1. The van der Waals surface area contributed by atoms with E-state index in [0.29, 0.717) is 10.6 Å². The molecule has 0 radical (unpaired) electrons. The third-order valence-electron chi connectivity index (χ3n) is 3.56. The van der Waals surface area contributed by atoms with Gasteiger partial charge >= 0.3 is 0 Å². The Hall–Kier alpha value is -2.13. The summed E-state index contributed by atoms with van der Waals surface area (Å²) in [6.07, 6.45) is 0. The second kappa shape index (κ2) is 7.23. The van der Waals surface area contributed by atoms with Crippen LogP contribution in [0.5, 0.6) is 0 Å². The number of hydrogen-bond acceptors (Lipinski definition) is 2. The van der Waals surface area contributed by atoms with E-state index in [1.165, 1.54) is 6.92 Å². The molecule has 0 bridgehead atoms. The van der Waals surface area contributed by atoms with Crippen LogP contribution in [0, 0.1) is 5.92 Å². The van der Waals surface area contributed by atoms with Crippen LogP contribution in [0.25, 0.3) is 0 Å². The van der Waals surface area contributed by atoms with Crippen molar-refractivity contribution in [1.82, 2.24) is 5.32 Å². The van der Waals surface area contributed by atoms with Crippen molar-refractivity contribution in [3.8, 4) is 0 Å². The van der Waals surface area contributed by atoms with E-state index in [-0.39, 0.29) is 23.7 Å². The van der Waals surface area contributed by atoms with Crippen LogP contribution in [-0.2, 0) is 4.79 Å². The number of Topliss-reactive ketones (excluding diaryl/α,β-unsaturated/α-hetero) is 1. The fourth-order valence-electron chi connectivity index (χ4n) is 2.40. The summed E-state index contributed by atoms with van der Waals surface area (Å²) in [4.78, 5) is 24.1. The zero-order chi connectivity index (χ0) is 16.1. The van der Waals surface area contributed by atoms with Gasteiger partial charge in [-0.1, -0.05) is 61.0 Å². The lowest BCUT2D eigenvalue weighted by Gasteiger charge is -2.24. The molecule has 0 spiro atoms. The average molecular weight is 316 g/mol. The molecule has 2 atom stereocenters. The Labute approximate surface area is 135 Å². The lowest BCUT2D eigenvalue weighted by molar-refractivity contribution is -0.119. The summed E-state index contributed by atoms with van der Waals surface area (Å²) in [7, 11) is 0. The van der Waals surface area contributed by atoms with Crippen LogP contribution in [0.3, 0.4) is 0 Å². The van der Waals surface area contributed by atoms with Crippen LogP contribution in [0.1, 0.15) is 35.8 Å². The first-order valence-electron chi connectivity index (χ1n) is 7.11. The highest BCUT2D eigenvalue weighted by atomic mass is 35.5. The number of benzene rings is 2. The summed E-state index contributed by atoms with van der Waals surface area (Å²) in [5.41, 5.74) is 1.50. The molecule has 0 aliphatic carbocycles. The van der Waals surface area contributed by atoms with Crippen LogP contribution < -0.4 is 5.32 Å². The Morgan fingerprint density at radius 2 is 1.59 bits per heavy atom. The van der Waals surface area contributed by atoms with Crippen LogP contribution in [0.15, 0.2) is 54.6 Å². The van der Waals surface area contributed by atoms with Crippen LogP contribution in [-0.4, -0.2) is 11.7 Å². The minimum absolute atomic E-state index is 0.00528. The van der Waals surface area contributed by atoms with Gasteiger partial charge in [-0.3, -0.25) is 9.59 Å². The summed E-state index contributed by atoms with van der Waals surface area (Å²) in [5.74, 6) is -0.561. The SMILES string of the molecule is CC(=O)NC(c1ccc(Cl)cc1)C(C)C(=O)c1ccccc1. The van der Waals surface area contributed by atoms with Crippen molar-refractivity contribution in [2.75, 3.05) is 0 Å². The van der Waals surface area contributed by atoms with Gasteiger partial charge in [0, 0.05) is 23.4 Å². The van der Waals surface area contributed by atoms with Crippen LogP contribution >= 0.6 is 11.6 Å². The topological polar surface area (TPSA) is 46.2 Å². The van der Waals surface area contributed by atoms with Crippen LogP contribution in [0.4, 0.5) is 0 Å². The lowest BCUT2D eigenvalue weighted by Crippen LogP contribution is -2.34. The molecule has 3 nitrogen and oxygen atoms in total. The highest BCUT2D eigenvalue weighted by Crippen LogP contribution is 2.26. The highest BCUT2D eigenvalue weighted by Gasteiger charge is 2.27. The summed E-state index contributed by atoms with van der Waals surface area (Å²) in [6.45, 7) is 3.27. The normalized spacial score (nSPS) is 13.2. The Balaban J connectivity index is 2.30. The number of hydrogen-bond donors (Lipinski definition) is 1. The van der Waals surface area contributed by atoms with Gasteiger partial charge in [0.15, 0.2) is 5.78 Å². The maximum absolute atomic E-state index is 12.6. The molecule has 1 amide bonds. The smallest absolute Gasteiger partial charge is 0.217 e. The zero-order valence-electron chi connectivity index (χ0n) is 12.5. The molecule has 0 aliphatic heterocycles. The fourth-order valence-corrected chi connectivity index (χ4v) is 2.53. The number of halogens is 1. The molecule has 114 valence electrons. The van der Waals surface area contributed by atoms with Crippen LogP contribution in [0.2, 0.25) is 5.02 Å². The standard InChI is InChI=1S/C18H18ClNO2/c1-12(18(22)15-6-4-3-5-7-15)17(20-13(2)21)14-8-10-16(19)11-9-14/h3-12,17H,1-2H3,(H,20,21). The minimum Gasteiger partial charge on any atom is -0.349 e. The molecule has 1 N–H and O–H groups in total. The average Bonchev–Trinajstić information content (AvgIpc) is 2.53. The molecule has 4 heteroatoms. The summed E-state index contributed by atoms with van der Waals surface area (Å²) >= 11 is 5.91. The van der Waals surface area contributed by atoms with Gasteiger partial charge in [0.2, 0.25) is 5.91 Å². The van der Waals surface area contributed by atoms with E-state index >= 15 is 0 Å². The molecule has 0 aliphatic rings. The van der Waals surface area contributed by atoms with Gasteiger partial charge in [-0.25, -0.2) is 0 Å². The first-order chi connectivity index (χ1) is 10.5. The van der Waals surface area contributed by atoms with Crippen molar-refractivity contribution in [3.63, 3.8) is 0 Å². The minimum atomic E-state index is -0.387. The van der Waals surface area contributed by atoms with Gasteiger partial charge in [-0.2, -0.15) is 0 Å². The molecule has 2 rings (SSSR count). The molecule has 0 fully saturated rings. The lowest BCUT2D eigenvalue weighted by atomic mass is 9.88. The van der Waals surface area contributed by atoms with Gasteiger partial charge in [-0.05, 0) is 17.7 Å². The fraction of sp³-hybridized carbons (Fsp3) is 0.222. The molecule has 0 saturated carbocycles. The van der Waals surface area contributed by atoms with Gasteiger partial charge < -0.3 is 5.32 Å². The van der Waals surface area contributed by atoms with Crippen molar-refractivity contribution in [2.45, 2.75) is 19.9 Å². The number of amides is 1. The van der Waals surface area contributed by atoms with Crippen molar-refractivity contribution < 1.29 is 9.59 Å². The number of rotatable bonds is 5. The van der Waals surface area contributed by atoms with Crippen molar-refractivity contribution >= 4 is 23.3 Å². The van der Waals surface area contributed by atoms with E-state index in [9.17, 15) is 9.59 Å². The largest absolute Gasteiger partial charge is 0.349 e. The summed E-state index contributed by atoms with van der Waals surface area (Å²) in [6, 6.07) is 15.9. The predicted octanol–water partition coefficient (Wildman–Crippen LogP) is 4.04. The second-order valence-electron chi connectivity index (χ2n) is 5.25. The maximum atomic E-state index is 12.6. The summed E-state index contributed by atoms with van der Waals surface area (Å²) < 4.78 is 0. The Kier molecular flexibility index (Phi) is 5.34. The van der Waals surface area contributed by atoms with Crippen molar-refractivity contribution in [1.29, 1.82) is 0 Å². The van der Waals surface area contributed by atoms with Gasteiger partial charge in [0.1, 0.15) is 0 Å². The molecule has 2 aromatic carbocycles. The van der Waals surface area contributed by atoms with Crippen molar-refractivity contribution in [2.24, 2.45) is 5.92 Å². The van der Waals surface area contributed by atoms with E-state index < -0.39 is 0 Å². The Morgan fingerprint density at radius 1 is 1.00 bits per heavy atom. The van der Waals surface area contributed by atoms with E-state index in [1.807, 2.05) is 37.3 Å². The highest BCUT2D eigenvalue weighted by molar-refractivity contribution is 6.30. The number of ketones is 1. The van der Waals surface area contributed by atoms with Gasteiger partial charge in [0.25, 0.3) is 0 Å². The molecule has 0 heterocycles. The molecule has 22 heavy (non-hydrogen) atoms. The molecule has 2 aromatic rings. The monoisotopic (exact) mass is 315 g/mol. The Morgan fingerprint density at radius 3 is 2.14 bits per heavy atom. The molecule has 0 saturated heterocycles. The van der Waals surface area contributed by atoms with E-state index in [1.54, 1.807) is 24.3 Å². The first kappa shape index (κ1) is 16.2. The number of carbonyl (C=O) groups excluding carboxylic acids is 2. The molecular weight excluding hydrogens is 298 g/mol. The molecule has 0 aromatic heterocycles. The molecular formula is C18H18ClNO2. The summed E-state index contributed by atoms with van der Waals surface area (Å²) in [5, 5.41) is 3.48. The second-order valence-corrected chi connectivity index (χ2v) is 5.69. The first-order valence-corrected chi connectivity index (χ1v) is 7.48. The number of carbonyl (C=O) groups is 2. The maximum Gasteiger partial charge on any atom is 0.217 e.